The predicted molar refractivity (Wildman–Crippen MR) is 114 cm³/mol. The van der Waals surface area contributed by atoms with Gasteiger partial charge in [0.1, 0.15) is 5.75 Å². The molecule has 158 valence electrons. The van der Waals surface area contributed by atoms with Crippen LogP contribution in [0.1, 0.15) is 24.9 Å². The van der Waals surface area contributed by atoms with Gasteiger partial charge >= 0.3 is 0 Å². The fourth-order valence-electron chi connectivity index (χ4n) is 3.66. The highest BCUT2D eigenvalue weighted by molar-refractivity contribution is 5.96. The SMILES string of the molecule is COc1ccc(NC(=O)CN(C)C(=O)[C@@H]2CC(=O)N([C@@H](C)c3ccccc3)C2)cc1. The number of methoxy groups -OCH3 is 1. The number of nitrogens with one attached hydrogen (secondary N) is 1. The Balaban J connectivity index is 1.55. The molecule has 0 aliphatic carbocycles. The molecule has 3 amide bonds. The van der Waals surface area contributed by atoms with Gasteiger partial charge in [-0.2, -0.15) is 0 Å². The van der Waals surface area contributed by atoms with Crippen molar-refractivity contribution in [3.63, 3.8) is 0 Å². The van der Waals surface area contributed by atoms with E-state index in [9.17, 15) is 14.4 Å². The van der Waals surface area contributed by atoms with Crippen LogP contribution in [-0.4, -0.2) is 54.8 Å². The second-order valence-corrected chi connectivity index (χ2v) is 7.50. The largest absolute Gasteiger partial charge is 0.497 e. The summed E-state index contributed by atoms with van der Waals surface area (Å²) in [6.07, 6.45) is 0.167. The summed E-state index contributed by atoms with van der Waals surface area (Å²) >= 11 is 0. The second-order valence-electron chi connectivity index (χ2n) is 7.50. The normalized spacial score (nSPS) is 16.8. The summed E-state index contributed by atoms with van der Waals surface area (Å²) < 4.78 is 5.09. The molecule has 2 aromatic rings. The maximum Gasteiger partial charge on any atom is 0.243 e. The smallest absolute Gasteiger partial charge is 0.243 e. The molecule has 7 heteroatoms. The molecule has 2 aromatic carbocycles. The Morgan fingerprint density at radius 1 is 1.17 bits per heavy atom. The molecule has 30 heavy (non-hydrogen) atoms. The molecule has 0 radical (unpaired) electrons. The lowest BCUT2D eigenvalue weighted by Gasteiger charge is -2.26. The summed E-state index contributed by atoms with van der Waals surface area (Å²) in [5.41, 5.74) is 1.66. The summed E-state index contributed by atoms with van der Waals surface area (Å²) in [6.45, 7) is 2.24. The molecule has 0 unspecified atom stereocenters. The number of amides is 3. The Morgan fingerprint density at radius 3 is 2.47 bits per heavy atom. The van der Waals surface area contributed by atoms with E-state index < -0.39 is 5.92 Å². The van der Waals surface area contributed by atoms with E-state index in [-0.39, 0.29) is 36.7 Å². The number of likely N-dealkylation sites (tertiary alicyclic amines) is 1. The standard InChI is InChI=1S/C23H27N3O4/c1-16(17-7-5-4-6-8-17)26-14-18(13-22(26)28)23(29)25(2)15-21(27)24-19-9-11-20(30-3)12-10-19/h4-12,16,18H,13-15H2,1-3H3,(H,24,27)/t16-,18+/m0/s1. The summed E-state index contributed by atoms with van der Waals surface area (Å²) in [5.74, 6) is -0.283. The first kappa shape index (κ1) is 21.4. The van der Waals surface area contributed by atoms with Crippen molar-refractivity contribution in [1.29, 1.82) is 0 Å². The van der Waals surface area contributed by atoms with Crippen LogP contribution >= 0.6 is 0 Å². The second kappa shape index (κ2) is 9.43. The minimum absolute atomic E-state index is 0.0409. The highest BCUT2D eigenvalue weighted by Gasteiger charge is 2.38. The molecule has 0 bridgehead atoms. The van der Waals surface area contributed by atoms with Crippen LogP contribution in [0, 0.1) is 5.92 Å². The Kier molecular flexibility index (Phi) is 6.72. The Labute approximate surface area is 176 Å². The lowest BCUT2D eigenvalue weighted by molar-refractivity contribution is -0.137. The van der Waals surface area contributed by atoms with E-state index in [4.69, 9.17) is 4.74 Å². The van der Waals surface area contributed by atoms with Crippen molar-refractivity contribution in [3.8, 4) is 5.75 Å². The summed E-state index contributed by atoms with van der Waals surface area (Å²) in [4.78, 5) is 40.8. The Hall–Kier alpha value is -3.35. The van der Waals surface area contributed by atoms with E-state index in [0.717, 1.165) is 5.56 Å². The first-order valence-corrected chi connectivity index (χ1v) is 9.92. The first-order chi connectivity index (χ1) is 14.4. The van der Waals surface area contributed by atoms with Gasteiger partial charge in [0.2, 0.25) is 17.7 Å². The number of hydrogen-bond donors (Lipinski definition) is 1. The van der Waals surface area contributed by atoms with Gasteiger partial charge in [-0.15, -0.1) is 0 Å². The molecule has 1 saturated heterocycles. The number of hydrogen-bond acceptors (Lipinski definition) is 4. The maximum absolute atomic E-state index is 12.8. The monoisotopic (exact) mass is 409 g/mol. The van der Waals surface area contributed by atoms with Crippen LogP contribution in [-0.2, 0) is 14.4 Å². The molecule has 1 heterocycles. The van der Waals surface area contributed by atoms with Gasteiger partial charge in [0.25, 0.3) is 0 Å². The lowest BCUT2D eigenvalue weighted by Crippen LogP contribution is -2.39. The first-order valence-electron chi connectivity index (χ1n) is 9.92. The Morgan fingerprint density at radius 2 is 1.83 bits per heavy atom. The van der Waals surface area contributed by atoms with E-state index in [1.165, 1.54) is 4.90 Å². The van der Waals surface area contributed by atoms with Crippen molar-refractivity contribution in [2.75, 3.05) is 32.6 Å². The van der Waals surface area contributed by atoms with Gasteiger partial charge in [-0.05, 0) is 36.8 Å². The number of carbonyl (C=O) groups excluding carboxylic acids is 3. The third-order valence-corrected chi connectivity index (χ3v) is 5.39. The van der Waals surface area contributed by atoms with Gasteiger partial charge in [0.05, 0.1) is 25.6 Å². The van der Waals surface area contributed by atoms with E-state index in [0.29, 0.717) is 18.0 Å². The topological polar surface area (TPSA) is 79.0 Å². The number of nitrogens with zero attached hydrogens (tertiary/aromatic N) is 2. The summed E-state index contributed by atoms with van der Waals surface area (Å²) in [5, 5.41) is 2.76. The molecular weight excluding hydrogens is 382 g/mol. The number of ether oxygens (including phenoxy) is 1. The lowest BCUT2D eigenvalue weighted by atomic mass is 10.1. The molecule has 7 nitrogen and oxygen atoms in total. The molecule has 1 N–H and O–H groups in total. The van der Waals surface area contributed by atoms with Gasteiger partial charge in [-0.1, -0.05) is 30.3 Å². The minimum Gasteiger partial charge on any atom is -0.497 e. The summed E-state index contributed by atoms with van der Waals surface area (Å²) in [7, 11) is 3.16. The van der Waals surface area contributed by atoms with E-state index >= 15 is 0 Å². The fourth-order valence-corrected chi connectivity index (χ4v) is 3.66. The van der Waals surface area contributed by atoms with Crippen LogP contribution < -0.4 is 10.1 Å². The van der Waals surface area contributed by atoms with Crippen LogP contribution in [0.2, 0.25) is 0 Å². The number of likely N-dealkylation sites (N-methyl/N-ethyl adjacent to an activating group) is 1. The molecule has 3 rings (SSSR count). The van der Waals surface area contributed by atoms with Crippen LogP contribution in [0.25, 0.3) is 0 Å². The molecule has 2 atom stereocenters. The van der Waals surface area contributed by atoms with E-state index in [1.54, 1.807) is 43.3 Å². The van der Waals surface area contributed by atoms with Gasteiger partial charge in [0, 0.05) is 25.7 Å². The molecule has 0 spiro atoms. The zero-order valence-corrected chi connectivity index (χ0v) is 17.5. The fraction of sp³-hybridized carbons (Fsp3) is 0.348. The van der Waals surface area contributed by atoms with Crippen molar-refractivity contribution in [2.45, 2.75) is 19.4 Å². The molecule has 0 aromatic heterocycles. The molecule has 1 fully saturated rings. The predicted octanol–water partition coefficient (Wildman–Crippen LogP) is 2.70. The maximum atomic E-state index is 12.8. The van der Waals surface area contributed by atoms with E-state index in [1.807, 2.05) is 37.3 Å². The minimum atomic E-state index is -0.442. The average Bonchev–Trinajstić information content (AvgIpc) is 3.15. The van der Waals surface area contributed by atoms with Crippen molar-refractivity contribution in [1.82, 2.24) is 9.80 Å². The van der Waals surface area contributed by atoms with Crippen LogP contribution in [0.5, 0.6) is 5.75 Å². The van der Waals surface area contributed by atoms with Crippen LogP contribution in [0.15, 0.2) is 54.6 Å². The number of benzene rings is 2. The summed E-state index contributed by atoms with van der Waals surface area (Å²) in [6, 6.07) is 16.6. The zero-order valence-electron chi connectivity index (χ0n) is 17.5. The third-order valence-electron chi connectivity index (χ3n) is 5.39. The zero-order chi connectivity index (χ0) is 21.7. The number of rotatable bonds is 7. The van der Waals surface area contributed by atoms with Crippen LogP contribution in [0.4, 0.5) is 5.69 Å². The highest BCUT2D eigenvalue weighted by Crippen LogP contribution is 2.29. The molecule has 1 aliphatic rings. The highest BCUT2D eigenvalue weighted by atomic mass is 16.5. The molecular formula is C23H27N3O4. The van der Waals surface area contributed by atoms with E-state index in [2.05, 4.69) is 5.32 Å². The van der Waals surface area contributed by atoms with Gasteiger partial charge in [-0.3, -0.25) is 14.4 Å². The third kappa shape index (κ3) is 4.97. The quantitative estimate of drug-likeness (QED) is 0.763. The van der Waals surface area contributed by atoms with Gasteiger partial charge < -0.3 is 19.9 Å². The number of anilines is 1. The number of carbonyl (C=O) groups is 3. The van der Waals surface area contributed by atoms with Crippen molar-refractivity contribution in [3.05, 3.63) is 60.2 Å². The molecule has 1 aliphatic heterocycles. The van der Waals surface area contributed by atoms with Crippen molar-refractivity contribution < 1.29 is 19.1 Å². The molecule has 0 saturated carbocycles. The average molecular weight is 409 g/mol. The van der Waals surface area contributed by atoms with Crippen LogP contribution in [0.3, 0.4) is 0 Å². The Bertz CT molecular complexity index is 898. The van der Waals surface area contributed by atoms with Gasteiger partial charge in [0.15, 0.2) is 0 Å². The van der Waals surface area contributed by atoms with Crippen molar-refractivity contribution >= 4 is 23.4 Å². The van der Waals surface area contributed by atoms with Crippen molar-refractivity contribution in [2.24, 2.45) is 5.92 Å². The van der Waals surface area contributed by atoms with Gasteiger partial charge in [-0.25, -0.2) is 0 Å².